The number of rotatable bonds is 10. The summed E-state index contributed by atoms with van der Waals surface area (Å²) in [5, 5.41) is 13.0. The van der Waals surface area contributed by atoms with Crippen molar-refractivity contribution >= 4 is 52.9 Å². The van der Waals surface area contributed by atoms with Gasteiger partial charge in [0.1, 0.15) is 4.90 Å². The van der Waals surface area contributed by atoms with Gasteiger partial charge in [0.2, 0.25) is 0 Å². The summed E-state index contributed by atoms with van der Waals surface area (Å²) in [6.45, 7) is 7.05. The Kier molecular flexibility index (Phi) is 11.2. The maximum Gasteiger partial charge on any atom is 0.421 e. The Morgan fingerprint density at radius 2 is 1.35 bits per heavy atom. The molecule has 2 saturated carbocycles. The minimum Gasteiger partial charge on any atom is -0.401 e. The van der Waals surface area contributed by atoms with Gasteiger partial charge < -0.3 is 14.8 Å². The van der Waals surface area contributed by atoms with Crippen LogP contribution in [0.15, 0.2) is 71.6 Å². The summed E-state index contributed by atoms with van der Waals surface area (Å²) in [4.78, 5) is -0.181. The fourth-order valence-electron chi connectivity index (χ4n) is 4.98. The van der Waals surface area contributed by atoms with Crippen LogP contribution in [0.5, 0.6) is 0 Å². The van der Waals surface area contributed by atoms with E-state index in [-0.39, 0.29) is 32.2 Å². The lowest BCUT2D eigenvalue weighted by Gasteiger charge is -2.38. The van der Waals surface area contributed by atoms with Crippen LogP contribution in [0, 0.1) is 0 Å². The number of aliphatic hydroxyl groups is 1. The van der Waals surface area contributed by atoms with Crippen molar-refractivity contribution in [1.29, 1.82) is 0 Å². The molecule has 2 aliphatic carbocycles. The van der Waals surface area contributed by atoms with Crippen LogP contribution in [0.4, 0.5) is 37.7 Å². The van der Waals surface area contributed by atoms with E-state index in [2.05, 4.69) is 5.32 Å². The van der Waals surface area contributed by atoms with Gasteiger partial charge in [-0.05, 0) is 107 Å². The minimum atomic E-state index is -4.87. The first-order valence-electron chi connectivity index (χ1n) is 15.4. The molecule has 5 rings (SSSR count). The molecule has 0 radical (unpaired) electrons. The lowest BCUT2D eigenvalue weighted by Crippen LogP contribution is -2.48. The van der Waals surface area contributed by atoms with Crippen molar-refractivity contribution in [2.45, 2.75) is 99.7 Å². The molecule has 16 heteroatoms. The molecule has 3 aromatic rings. The van der Waals surface area contributed by atoms with Gasteiger partial charge in [0, 0.05) is 17.8 Å². The Labute approximate surface area is 293 Å². The first-order chi connectivity index (χ1) is 22.4. The molecule has 0 heterocycles. The summed E-state index contributed by atoms with van der Waals surface area (Å²) in [6, 6.07) is 15.4. The molecule has 3 aromatic carbocycles. The second-order valence-corrected chi connectivity index (χ2v) is 20.4. The van der Waals surface area contributed by atoms with Crippen molar-refractivity contribution in [2.24, 2.45) is 0 Å². The fourth-order valence-corrected chi connectivity index (χ4v) is 8.89. The van der Waals surface area contributed by atoms with Crippen LogP contribution in [0.2, 0.25) is 29.7 Å². The number of anilines is 2. The molecule has 2 atom stereocenters. The summed E-state index contributed by atoms with van der Waals surface area (Å²) in [7, 11) is -6.44. The quantitative estimate of drug-likeness (QED) is 0.159. The number of sulfonamides is 1. The molecule has 0 bridgehead atoms. The zero-order valence-corrected chi connectivity index (χ0v) is 30.7. The molecule has 2 fully saturated rings. The van der Waals surface area contributed by atoms with Crippen LogP contribution in [0.1, 0.15) is 50.7 Å². The third kappa shape index (κ3) is 9.06. The van der Waals surface area contributed by atoms with Gasteiger partial charge in [-0.3, -0.25) is 4.31 Å². The van der Waals surface area contributed by atoms with Crippen molar-refractivity contribution < 1.29 is 44.3 Å². The van der Waals surface area contributed by atoms with E-state index in [1.54, 1.807) is 31.8 Å². The van der Waals surface area contributed by atoms with E-state index in [9.17, 15) is 39.9 Å². The summed E-state index contributed by atoms with van der Waals surface area (Å²) in [5.74, 6) is 0. The van der Waals surface area contributed by atoms with Crippen molar-refractivity contribution in [3.63, 3.8) is 0 Å². The SMILES string of the molecule is CC(O)(c1ccc(N(C2CC2)S(=O)(=O)c2cccc(Cl)c2Cl)cc1)C(F)(F)F.CC(O[Si](C)(C)C)(c1ccc(NC2CC2)cc1)C(F)(F)F. The van der Waals surface area contributed by atoms with Crippen molar-refractivity contribution in [1.82, 2.24) is 0 Å². The highest BCUT2D eigenvalue weighted by Crippen LogP contribution is 2.45. The smallest absolute Gasteiger partial charge is 0.401 e. The Morgan fingerprint density at radius 1 is 0.816 bits per heavy atom. The van der Waals surface area contributed by atoms with Gasteiger partial charge in [-0.1, -0.05) is 53.5 Å². The second kappa shape index (κ2) is 13.9. The third-order valence-corrected chi connectivity index (χ3v) is 11.9. The maximum atomic E-state index is 13.5. The summed E-state index contributed by atoms with van der Waals surface area (Å²) >= 11 is 12.0. The Bertz CT molecular complexity index is 1730. The van der Waals surface area contributed by atoms with E-state index in [0.717, 1.165) is 41.9 Å². The first-order valence-corrected chi connectivity index (χ1v) is 21.0. The number of hydrogen-bond acceptors (Lipinski definition) is 5. The number of benzene rings is 3. The third-order valence-electron chi connectivity index (χ3n) is 8.00. The Hall–Kier alpha value is -2.49. The minimum absolute atomic E-state index is 0.0788. The van der Waals surface area contributed by atoms with E-state index in [1.165, 1.54) is 42.5 Å². The van der Waals surface area contributed by atoms with Crippen LogP contribution >= 0.6 is 23.2 Å². The van der Waals surface area contributed by atoms with Crippen LogP contribution in [-0.4, -0.2) is 46.3 Å². The molecule has 49 heavy (non-hydrogen) atoms. The zero-order valence-electron chi connectivity index (χ0n) is 27.4. The number of nitrogens with one attached hydrogen (secondary N) is 1. The molecule has 0 saturated heterocycles. The molecule has 0 spiro atoms. The average Bonchev–Trinajstić information content (AvgIpc) is 3.91. The number of nitrogens with zero attached hydrogens (tertiary/aromatic N) is 1. The van der Waals surface area contributed by atoms with Gasteiger partial charge in [-0.25, -0.2) is 8.42 Å². The van der Waals surface area contributed by atoms with E-state index >= 15 is 0 Å². The Morgan fingerprint density at radius 3 is 1.80 bits per heavy atom. The van der Waals surface area contributed by atoms with Crippen molar-refractivity contribution in [2.75, 3.05) is 9.62 Å². The molecule has 2 aliphatic rings. The number of alkyl halides is 6. The van der Waals surface area contributed by atoms with Crippen LogP contribution in [0.25, 0.3) is 0 Å². The molecular weight excluding hydrogens is 733 g/mol. The largest absolute Gasteiger partial charge is 0.421 e. The average molecular weight is 772 g/mol. The summed E-state index contributed by atoms with van der Waals surface area (Å²) in [5.41, 5.74) is -4.50. The highest BCUT2D eigenvalue weighted by Gasteiger charge is 2.55. The lowest BCUT2D eigenvalue weighted by molar-refractivity contribution is -0.258. The Balaban J connectivity index is 0.000000230. The number of hydrogen-bond donors (Lipinski definition) is 2. The molecule has 270 valence electrons. The van der Waals surface area contributed by atoms with Crippen LogP contribution < -0.4 is 9.62 Å². The molecule has 2 N–H and O–H groups in total. The standard InChI is InChI=1S/C18H16Cl2F3NO3S.C15H22F3NOSi/c1-17(25,18(21,22)23)11-5-7-12(8-6-11)24(13-9-10-13)28(26,27)15-4-2-3-14(19)16(15)20;1-14(15(16,17)18,20-21(2,3)4)11-5-7-12(8-6-11)19-13-9-10-13/h2-8,13,25H,9-10H2,1H3;5-8,13,19H,9-10H2,1-4H3. The van der Waals surface area contributed by atoms with E-state index in [4.69, 9.17) is 27.6 Å². The highest BCUT2D eigenvalue weighted by molar-refractivity contribution is 7.93. The molecular formula is C33H38Cl2F6N2O4SSi. The maximum absolute atomic E-state index is 13.5. The van der Waals surface area contributed by atoms with E-state index < -0.39 is 47.5 Å². The van der Waals surface area contributed by atoms with Crippen molar-refractivity contribution in [3.05, 3.63) is 87.9 Å². The molecule has 6 nitrogen and oxygen atoms in total. The van der Waals surface area contributed by atoms with E-state index in [0.29, 0.717) is 25.8 Å². The zero-order chi connectivity index (χ0) is 36.8. The topological polar surface area (TPSA) is 78.9 Å². The lowest BCUT2D eigenvalue weighted by atomic mass is 9.95. The van der Waals surface area contributed by atoms with Crippen molar-refractivity contribution in [3.8, 4) is 0 Å². The predicted molar refractivity (Wildman–Crippen MR) is 182 cm³/mol. The van der Waals surface area contributed by atoms with Gasteiger partial charge in [0.25, 0.3) is 10.0 Å². The van der Waals surface area contributed by atoms with Crippen LogP contribution in [0.3, 0.4) is 0 Å². The summed E-state index contributed by atoms with van der Waals surface area (Å²) in [6.07, 6.45) is -5.84. The molecule has 0 aromatic heterocycles. The van der Waals surface area contributed by atoms with Gasteiger partial charge in [-0.2, -0.15) is 26.3 Å². The summed E-state index contributed by atoms with van der Waals surface area (Å²) < 4.78 is 113. The van der Waals surface area contributed by atoms with Crippen LogP contribution in [-0.2, 0) is 25.7 Å². The van der Waals surface area contributed by atoms with E-state index in [1.807, 2.05) is 0 Å². The van der Waals surface area contributed by atoms with Gasteiger partial charge in [0.05, 0.1) is 15.7 Å². The number of halogens is 8. The van der Waals surface area contributed by atoms with Gasteiger partial charge in [0.15, 0.2) is 19.5 Å². The molecule has 2 unspecified atom stereocenters. The highest BCUT2D eigenvalue weighted by atomic mass is 35.5. The van der Waals surface area contributed by atoms with Gasteiger partial charge in [-0.15, -0.1) is 0 Å². The van der Waals surface area contributed by atoms with Gasteiger partial charge >= 0.3 is 12.4 Å². The predicted octanol–water partition coefficient (Wildman–Crippen LogP) is 10.0. The molecule has 0 amide bonds. The monoisotopic (exact) mass is 770 g/mol. The second-order valence-electron chi connectivity index (χ2n) is 13.4. The normalized spacial score (nSPS) is 18.1. The fraction of sp³-hybridized carbons (Fsp3) is 0.455. The first kappa shape index (κ1) is 39.3. The molecule has 0 aliphatic heterocycles.